The van der Waals surface area contributed by atoms with Gasteiger partial charge in [0.1, 0.15) is 5.82 Å². The van der Waals surface area contributed by atoms with Crippen LogP contribution in [-0.4, -0.2) is 20.5 Å². The standard InChI is InChI=1S/C9H16N4S/c1-4-13-8(5-10)11-12-9(13)14-6-7(2)3/h2,4-6,10H2,1,3H3. The molecule has 0 aromatic carbocycles. The number of nitrogens with zero attached hydrogens (tertiary/aromatic N) is 3. The van der Waals surface area contributed by atoms with Crippen molar-refractivity contribution in [3.05, 3.63) is 18.0 Å². The van der Waals surface area contributed by atoms with Gasteiger partial charge in [0, 0.05) is 12.3 Å². The Kier molecular flexibility index (Phi) is 4.16. The van der Waals surface area contributed by atoms with Crippen LogP contribution in [0.1, 0.15) is 19.7 Å². The highest BCUT2D eigenvalue weighted by Crippen LogP contribution is 2.18. The van der Waals surface area contributed by atoms with Crippen LogP contribution in [0.25, 0.3) is 0 Å². The number of thioether (sulfide) groups is 1. The fraction of sp³-hybridized carbons (Fsp3) is 0.556. The van der Waals surface area contributed by atoms with Gasteiger partial charge in [0.05, 0.1) is 6.54 Å². The predicted molar refractivity (Wildman–Crippen MR) is 59.1 cm³/mol. The molecule has 0 saturated carbocycles. The molecule has 0 bridgehead atoms. The van der Waals surface area contributed by atoms with E-state index >= 15 is 0 Å². The second-order valence-corrected chi connectivity index (χ2v) is 4.04. The summed E-state index contributed by atoms with van der Waals surface area (Å²) in [5.41, 5.74) is 6.68. The summed E-state index contributed by atoms with van der Waals surface area (Å²) in [5, 5.41) is 9.03. The van der Waals surface area contributed by atoms with Crippen LogP contribution in [0.5, 0.6) is 0 Å². The summed E-state index contributed by atoms with van der Waals surface area (Å²) in [6, 6.07) is 0. The van der Waals surface area contributed by atoms with Crippen LogP contribution < -0.4 is 5.73 Å². The van der Waals surface area contributed by atoms with E-state index in [1.165, 1.54) is 0 Å². The lowest BCUT2D eigenvalue weighted by atomic mass is 10.4. The molecule has 2 N–H and O–H groups in total. The third kappa shape index (κ3) is 2.59. The van der Waals surface area contributed by atoms with Gasteiger partial charge in [-0.05, 0) is 13.8 Å². The summed E-state index contributed by atoms with van der Waals surface area (Å²) in [6.07, 6.45) is 0. The topological polar surface area (TPSA) is 56.7 Å². The van der Waals surface area contributed by atoms with Gasteiger partial charge in [0.15, 0.2) is 5.16 Å². The average molecular weight is 212 g/mol. The first-order valence-corrected chi connectivity index (χ1v) is 5.57. The Bertz CT molecular complexity index is 319. The van der Waals surface area contributed by atoms with Crippen molar-refractivity contribution in [3.63, 3.8) is 0 Å². The van der Waals surface area contributed by atoms with E-state index in [2.05, 4.69) is 23.7 Å². The Morgan fingerprint density at radius 3 is 2.79 bits per heavy atom. The molecule has 0 radical (unpaired) electrons. The second kappa shape index (κ2) is 5.17. The number of nitrogens with two attached hydrogens (primary N) is 1. The van der Waals surface area contributed by atoms with Crippen molar-refractivity contribution in [2.24, 2.45) is 5.73 Å². The molecule has 0 aliphatic heterocycles. The number of aromatic nitrogens is 3. The third-order valence-corrected chi connectivity index (χ3v) is 2.94. The van der Waals surface area contributed by atoms with Crippen LogP contribution >= 0.6 is 11.8 Å². The number of rotatable bonds is 5. The molecule has 4 nitrogen and oxygen atoms in total. The van der Waals surface area contributed by atoms with Gasteiger partial charge >= 0.3 is 0 Å². The van der Waals surface area contributed by atoms with Crippen LogP contribution in [-0.2, 0) is 13.1 Å². The Morgan fingerprint density at radius 1 is 1.57 bits per heavy atom. The van der Waals surface area contributed by atoms with Gasteiger partial charge in [-0.1, -0.05) is 23.9 Å². The van der Waals surface area contributed by atoms with Gasteiger partial charge in [-0.3, -0.25) is 0 Å². The van der Waals surface area contributed by atoms with Crippen molar-refractivity contribution in [2.75, 3.05) is 5.75 Å². The van der Waals surface area contributed by atoms with Crippen molar-refractivity contribution in [1.29, 1.82) is 0 Å². The zero-order valence-corrected chi connectivity index (χ0v) is 9.47. The Morgan fingerprint density at radius 2 is 2.29 bits per heavy atom. The van der Waals surface area contributed by atoms with Gasteiger partial charge in [-0.25, -0.2) is 0 Å². The maximum absolute atomic E-state index is 5.55. The van der Waals surface area contributed by atoms with Gasteiger partial charge in [-0.15, -0.1) is 10.2 Å². The molecule has 14 heavy (non-hydrogen) atoms. The predicted octanol–water partition coefficient (Wildman–Crippen LogP) is 1.42. The fourth-order valence-electron chi connectivity index (χ4n) is 1.08. The van der Waals surface area contributed by atoms with Gasteiger partial charge < -0.3 is 10.3 Å². The highest BCUT2D eigenvalue weighted by Gasteiger charge is 2.08. The normalized spacial score (nSPS) is 10.5. The molecule has 1 aromatic heterocycles. The maximum atomic E-state index is 5.55. The summed E-state index contributed by atoms with van der Waals surface area (Å²) in [5.74, 6) is 1.72. The minimum absolute atomic E-state index is 0.439. The summed E-state index contributed by atoms with van der Waals surface area (Å²) in [7, 11) is 0. The average Bonchev–Trinajstić information content (AvgIpc) is 2.56. The lowest BCUT2D eigenvalue weighted by Crippen LogP contribution is -2.08. The van der Waals surface area contributed by atoms with Crippen molar-refractivity contribution in [2.45, 2.75) is 32.1 Å². The van der Waals surface area contributed by atoms with E-state index in [1.54, 1.807) is 11.8 Å². The summed E-state index contributed by atoms with van der Waals surface area (Å²) >= 11 is 1.65. The first-order valence-electron chi connectivity index (χ1n) is 4.58. The Balaban J connectivity index is 2.75. The van der Waals surface area contributed by atoms with Crippen LogP contribution in [0.2, 0.25) is 0 Å². The molecule has 0 atom stereocenters. The lowest BCUT2D eigenvalue weighted by molar-refractivity contribution is 0.643. The third-order valence-electron chi connectivity index (χ3n) is 1.74. The van der Waals surface area contributed by atoms with E-state index in [4.69, 9.17) is 5.73 Å². The highest BCUT2D eigenvalue weighted by atomic mass is 32.2. The van der Waals surface area contributed by atoms with E-state index < -0.39 is 0 Å². The quantitative estimate of drug-likeness (QED) is 0.592. The number of hydrogen-bond donors (Lipinski definition) is 1. The minimum Gasteiger partial charge on any atom is -0.324 e. The van der Waals surface area contributed by atoms with Gasteiger partial charge in [0.25, 0.3) is 0 Å². The van der Waals surface area contributed by atoms with Crippen LogP contribution in [0.4, 0.5) is 0 Å². The summed E-state index contributed by atoms with van der Waals surface area (Å²) in [6.45, 7) is 9.21. The monoisotopic (exact) mass is 212 g/mol. The van der Waals surface area contributed by atoms with Gasteiger partial charge in [-0.2, -0.15) is 0 Å². The molecule has 0 spiro atoms. The zero-order chi connectivity index (χ0) is 10.6. The van der Waals surface area contributed by atoms with E-state index in [0.717, 1.165) is 28.9 Å². The first kappa shape index (κ1) is 11.3. The van der Waals surface area contributed by atoms with E-state index in [-0.39, 0.29) is 0 Å². The molecule has 0 fully saturated rings. The molecule has 5 heteroatoms. The lowest BCUT2D eigenvalue weighted by Gasteiger charge is -2.05. The molecule has 0 saturated heterocycles. The van der Waals surface area contributed by atoms with E-state index in [1.807, 2.05) is 11.5 Å². The van der Waals surface area contributed by atoms with Crippen molar-refractivity contribution in [3.8, 4) is 0 Å². The fourth-order valence-corrected chi connectivity index (χ4v) is 1.95. The van der Waals surface area contributed by atoms with E-state index in [9.17, 15) is 0 Å². The molecule has 0 amide bonds. The maximum Gasteiger partial charge on any atom is 0.191 e. The summed E-state index contributed by atoms with van der Waals surface area (Å²) in [4.78, 5) is 0. The van der Waals surface area contributed by atoms with E-state index in [0.29, 0.717) is 6.54 Å². The molecule has 1 heterocycles. The van der Waals surface area contributed by atoms with Crippen molar-refractivity contribution in [1.82, 2.24) is 14.8 Å². The Labute approximate surface area is 88.6 Å². The van der Waals surface area contributed by atoms with Crippen molar-refractivity contribution < 1.29 is 0 Å². The molecular weight excluding hydrogens is 196 g/mol. The number of hydrogen-bond acceptors (Lipinski definition) is 4. The van der Waals surface area contributed by atoms with Crippen LogP contribution in [0.3, 0.4) is 0 Å². The molecule has 1 aromatic rings. The molecule has 0 unspecified atom stereocenters. The Hall–Kier alpha value is -0.810. The summed E-state index contributed by atoms with van der Waals surface area (Å²) < 4.78 is 2.04. The highest BCUT2D eigenvalue weighted by molar-refractivity contribution is 7.99. The van der Waals surface area contributed by atoms with Crippen LogP contribution in [0.15, 0.2) is 17.3 Å². The zero-order valence-electron chi connectivity index (χ0n) is 8.66. The smallest absolute Gasteiger partial charge is 0.191 e. The molecule has 78 valence electrons. The molecule has 0 aliphatic rings. The van der Waals surface area contributed by atoms with Gasteiger partial charge in [0.2, 0.25) is 0 Å². The molecule has 0 aliphatic carbocycles. The minimum atomic E-state index is 0.439. The van der Waals surface area contributed by atoms with Crippen molar-refractivity contribution >= 4 is 11.8 Å². The molecule has 1 rings (SSSR count). The van der Waals surface area contributed by atoms with Crippen LogP contribution in [0, 0.1) is 0 Å². The molecular formula is C9H16N4S. The second-order valence-electron chi connectivity index (χ2n) is 3.09. The largest absolute Gasteiger partial charge is 0.324 e. The first-order chi connectivity index (χ1) is 6.69. The SMILES string of the molecule is C=C(C)CSc1nnc(CN)n1CC.